The molecule has 2 rings (SSSR count). The van der Waals surface area contributed by atoms with Gasteiger partial charge in [0.2, 0.25) is 5.91 Å². The van der Waals surface area contributed by atoms with Gasteiger partial charge in [0, 0.05) is 45.7 Å². The predicted molar refractivity (Wildman–Crippen MR) is 91.0 cm³/mol. The minimum atomic E-state index is -0.483. The van der Waals surface area contributed by atoms with Gasteiger partial charge in [-0.05, 0) is 19.4 Å². The summed E-state index contributed by atoms with van der Waals surface area (Å²) in [5.74, 6) is -0.964. The maximum Gasteiger partial charge on any atom is 0.312 e. The topological polar surface area (TPSA) is 60.9 Å². The van der Waals surface area contributed by atoms with Crippen molar-refractivity contribution in [1.29, 1.82) is 0 Å². The molecular weight excluding hydrogens is 306 g/mol. The predicted octanol–water partition coefficient (Wildman–Crippen LogP) is 1.11. The summed E-state index contributed by atoms with van der Waals surface area (Å²) in [7, 11) is 0. The molecule has 1 aromatic rings. The lowest BCUT2D eigenvalue weighted by Crippen LogP contribution is -2.54. The Balaban J connectivity index is 2.01. The molecule has 0 aromatic heterocycles. The smallest absolute Gasteiger partial charge is 0.312 e. The van der Waals surface area contributed by atoms with E-state index in [1.807, 2.05) is 44.2 Å². The van der Waals surface area contributed by atoms with E-state index in [2.05, 4.69) is 0 Å². The van der Waals surface area contributed by atoms with Crippen molar-refractivity contribution in [2.45, 2.75) is 33.4 Å². The van der Waals surface area contributed by atoms with Crippen LogP contribution in [0.1, 0.15) is 26.3 Å². The Morgan fingerprint density at radius 2 is 1.54 bits per heavy atom. The second kappa shape index (κ2) is 7.95. The summed E-state index contributed by atoms with van der Waals surface area (Å²) in [4.78, 5) is 41.4. The second-order valence-electron chi connectivity index (χ2n) is 6.31. The summed E-state index contributed by atoms with van der Waals surface area (Å²) in [5.41, 5.74) is 0.994. The molecule has 0 radical (unpaired) electrons. The number of carbonyl (C=O) groups excluding carboxylic acids is 3. The minimum Gasteiger partial charge on any atom is -0.339 e. The van der Waals surface area contributed by atoms with Gasteiger partial charge in [0.25, 0.3) is 0 Å². The zero-order valence-corrected chi connectivity index (χ0v) is 14.6. The van der Waals surface area contributed by atoms with Crippen LogP contribution >= 0.6 is 0 Å². The number of hydrogen-bond donors (Lipinski definition) is 0. The molecular formula is C18H25N3O3. The van der Waals surface area contributed by atoms with Crippen LogP contribution < -0.4 is 0 Å². The summed E-state index contributed by atoms with van der Waals surface area (Å²) in [6, 6.07) is 9.57. The second-order valence-corrected chi connectivity index (χ2v) is 6.31. The van der Waals surface area contributed by atoms with Gasteiger partial charge in [-0.2, -0.15) is 0 Å². The molecule has 1 aromatic carbocycles. The van der Waals surface area contributed by atoms with Crippen molar-refractivity contribution in [2.75, 3.05) is 26.2 Å². The minimum absolute atomic E-state index is 0.00121. The lowest BCUT2D eigenvalue weighted by molar-refractivity contribution is -0.154. The molecule has 0 atom stereocenters. The first-order chi connectivity index (χ1) is 11.4. The molecule has 0 spiro atoms. The summed E-state index contributed by atoms with van der Waals surface area (Å²) < 4.78 is 0. The van der Waals surface area contributed by atoms with Crippen molar-refractivity contribution in [1.82, 2.24) is 14.7 Å². The first kappa shape index (κ1) is 18.0. The van der Waals surface area contributed by atoms with E-state index in [9.17, 15) is 14.4 Å². The molecule has 24 heavy (non-hydrogen) atoms. The molecule has 1 aliphatic rings. The van der Waals surface area contributed by atoms with Gasteiger partial charge < -0.3 is 14.7 Å². The highest BCUT2D eigenvalue weighted by Crippen LogP contribution is 2.11. The van der Waals surface area contributed by atoms with Crippen LogP contribution in [0.25, 0.3) is 0 Å². The number of piperazine rings is 1. The quantitative estimate of drug-likeness (QED) is 0.780. The van der Waals surface area contributed by atoms with Gasteiger partial charge in [0.15, 0.2) is 0 Å². The highest BCUT2D eigenvalue weighted by atomic mass is 16.2. The van der Waals surface area contributed by atoms with Crippen molar-refractivity contribution in [3.63, 3.8) is 0 Å². The lowest BCUT2D eigenvalue weighted by atomic mass is 10.2. The first-order valence-corrected chi connectivity index (χ1v) is 8.29. The van der Waals surface area contributed by atoms with Gasteiger partial charge in [-0.15, -0.1) is 0 Å². The van der Waals surface area contributed by atoms with Gasteiger partial charge >= 0.3 is 11.8 Å². The van der Waals surface area contributed by atoms with E-state index in [1.54, 1.807) is 14.7 Å². The third kappa shape index (κ3) is 4.34. The fourth-order valence-corrected chi connectivity index (χ4v) is 2.75. The number of hydrogen-bond acceptors (Lipinski definition) is 3. The van der Waals surface area contributed by atoms with Gasteiger partial charge in [0.05, 0.1) is 0 Å². The Labute approximate surface area is 143 Å². The van der Waals surface area contributed by atoms with Crippen LogP contribution in [0.5, 0.6) is 0 Å². The largest absolute Gasteiger partial charge is 0.339 e. The molecule has 0 saturated carbocycles. The molecule has 1 fully saturated rings. The Bertz CT molecular complexity index is 593. The third-order valence-corrected chi connectivity index (χ3v) is 4.28. The average Bonchev–Trinajstić information content (AvgIpc) is 2.59. The lowest BCUT2D eigenvalue weighted by Gasteiger charge is -2.35. The van der Waals surface area contributed by atoms with Crippen LogP contribution in [0.3, 0.4) is 0 Å². The molecule has 0 unspecified atom stereocenters. The zero-order valence-electron chi connectivity index (χ0n) is 14.6. The number of nitrogens with zero attached hydrogens (tertiary/aromatic N) is 3. The van der Waals surface area contributed by atoms with E-state index in [0.29, 0.717) is 32.7 Å². The Morgan fingerprint density at radius 3 is 2.04 bits per heavy atom. The van der Waals surface area contributed by atoms with Crippen molar-refractivity contribution in [3.05, 3.63) is 35.9 Å². The average molecular weight is 331 g/mol. The molecule has 130 valence electrons. The van der Waals surface area contributed by atoms with Gasteiger partial charge in [-0.3, -0.25) is 14.4 Å². The van der Waals surface area contributed by atoms with E-state index in [1.165, 1.54) is 6.92 Å². The molecule has 1 heterocycles. The number of amides is 3. The van der Waals surface area contributed by atoms with Crippen molar-refractivity contribution in [3.8, 4) is 0 Å². The van der Waals surface area contributed by atoms with E-state index < -0.39 is 11.8 Å². The van der Waals surface area contributed by atoms with Gasteiger partial charge in [-0.25, -0.2) is 0 Å². The van der Waals surface area contributed by atoms with Crippen LogP contribution in [0, 0.1) is 0 Å². The number of carbonyl (C=O) groups is 3. The highest BCUT2D eigenvalue weighted by molar-refractivity contribution is 6.35. The van der Waals surface area contributed by atoms with Crippen LogP contribution in [0.4, 0.5) is 0 Å². The van der Waals surface area contributed by atoms with Crippen LogP contribution in [0.15, 0.2) is 30.3 Å². The maximum atomic E-state index is 12.7. The number of benzene rings is 1. The normalized spacial score (nSPS) is 14.7. The summed E-state index contributed by atoms with van der Waals surface area (Å²) >= 11 is 0. The van der Waals surface area contributed by atoms with Crippen molar-refractivity contribution < 1.29 is 14.4 Å². The molecule has 3 amide bonds. The van der Waals surface area contributed by atoms with E-state index in [4.69, 9.17) is 0 Å². The molecule has 1 saturated heterocycles. The van der Waals surface area contributed by atoms with E-state index in [-0.39, 0.29) is 11.9 Å². The number of rotatable bonds is 3. The fourth-order valence-electron chi connectivity index (χ4n) is 2.75. The van der Waals surface area contributed by atoms with Crippen molar-refractivity contribution >= 4 is 17.7 Å². The van der Waals surface area contributed by atoms with E-state index in [0.717, 1.165) is 5.56 Å². The monoisotopic (exact) mass is 331 g/mol. The van der Waals surface area contributed by atoms with Crippen LogP contribution in [-0.4, -0.2) is 64.6 Å². The van der Waals surface area contributed by atoms with Crippen LogP contribution in [-0.2, 0) is 20.9 Å². The molecule has 6 nitrogen and oxygen atoms in total. The van der Waals surface area contributed by atoms with Gasteiger partial charge in [-0.1, -0.05) is 30.3 Å². The zero-order chi connectivity index (χ0) is 17.7. The molecule has 0 N–H and O–H groups in total. The molecule has 6 heteroatoms. The van der Waals surface area contributed by atoms with E-state index >= 15 is 0 Å². The Kier molecular flexibility index (Phi) is 5.95. The Hall–Kier alpha value is -2.37. The summed E-state index contributed by atoms with van der Waals surface area (Å²) in [6.45, 7) is 7.51. The molecule has 0 bridgehead atoms. The summed E-state index contributed by atoms with van der Waals surface area (Å²) in [5, 5.41) is 0. The maximum absolute atomic E-state index is 12.7. The van der Waals surface area contributed by atoms with Gasteiger partial charge in [0.1, 0.15) is 0 Å². The third-order valence-electron chi connectivity index (χ3n) is 4.28. The van der Waals surface area contributed by atoms with Crippen molar-refractivity contribution in [2.24, 2.45) is 0 Å². The fraction of sp³-hybridized carbons (Fsp3) is 0.500. The highest BCUT2D eigenvalue weighted by Gasteiger charge is 2.31. The SMILES string of the molecule is CC(=O)N1CCN(C(=O)C(=O)N(Cc2ccccc2)C(C)C)CC1. The first-order valence-electron chi connectivity index (χ1n) is 8.29. The summed E-state index contributed by atoms with van der Waals surface area (Å²) in [6.07, 6.45) is 0. The molecule has 0 aliphatic carbocycles. The standard InChI is InChI=1S/C18H25N3O3/c1-14(2)21(13-16-7-5-4-6-8-16)18(24)17(23)20-11-9-19(10-12-20)15(3)22/h4-8,14H,9-13H2,1-3H3. The Morgan fingerprint density at radius 1 is 1.00 bits per heavy atom. The van der Waals surface area contributed by atoms with Crippen LogP contribution in [0.2, 0.25) is 0 Å². The molecule has 1 aliphatic heterocycles.